The number of furan rings is 1. The molecule has 276 valence electrons. The van der Waals surface area contributed by atoms with Gasteiger partial charge in [-0.15, -0.1) is 0 Å². The van der Waals surface area contributed by atoms with Gasteiger partial charge in [0.25, 0.3) is 0 Å². The first-order valence-electron chi connectivity index (χ1n) is 20.0. The van der Waals surface area contributed by atoms with Crippen LogP contribution in [0.25, 0.3) is 50.2 Å². The van der Waals surface area contributed by atoms with Crippen molar-refractivity contribution in [1.29, 1.82) is 0 Å². The summed E-state index contributed by atoms with van der Waals surface area (Å²) in [6, 6.07) is 64.4. The number of anilines is 2. The second kappa shape index (κ2) is 14.3. The van der Waals surface area contributed by atoms with Gasteiger partial charge in [-0.2, -0.15) is 0 Å². The van der Waals surface area contributed by atoms with Crippen LogP contribution >= 0.6 is 0 Å². The molecule has 3 heterocycles. The lowest BCUT2D eigenvalue weighted by Gasteiger charge is -2.29. The number of rotatable bonds is 7. The van der Waals surface area contributed by atoms with Crippen LogP contribution in [0.2, 0.25) is 0 Å². The highest BCUT2D eigenvalue weighted by atomic mass is 16.3. The molecule has 0 radical (unpaired) electrons. The minimum absolute atomic E-state index is 0.0464. The van der Waals surface area contributed by atoms with Crippen molar-refractivity contribution in [3.8, 4) is 33.6 Å². The molecule has 0 saturated carbocycles. The van der Waals surface area contributed by atoms with Gasteiger partial charge < -0.3 is 14.6 Å². The van der Waals surface area contributed by atoms with Gasteiger partial charge in [0.15, 0.2) is 0 Å². The number of amidine groups is 1. The summed E-state index contributed by atoms with van der Waals surface area (Å²) < 4.78 is 7.02. The molecule has 4 heteroatoms. The van der Waals surface area contributed by atoms with Gasteiger partial charge in [-0.1, -0.05) is 170 Å². The average Bonchev–Trinajstić information content (AvgIpc) is 3.87. The maximum Gasteiger partial charge on any atom is 0.143 e. The van der Waals surface area contributed by atoms with Crippen LogP contribution in [0.5, 0.6) is 0 Å². The van der Waals surface area contributed by atoms with Crippen LogP contribution in [0, 0.1) is 0 Å². The Balaban J connectivity index is 0.967. The zero-order valence-corrected chi connectivity index (χ0v) is 31.7. The highest BCUT2D eigenvalue weighted by Gasteiger charge is 2.40. The molecule has 3 atom stereocenters. The summed E-state index contributed by atoms with van der Waals surface area (Å²) in [5.74, 6) is 1.89. The molecule has 0 saturated heterocycles. The summed E-state index contributed by atoms with van der Waals surface area (Å²) in [6.45, 7) is 0. The molecule has 0 amide bonds. The maximum atomic E-state index is 7.02. The summed E-state index contributed by atoms with van der Waals surface area (Å²) in [6.07, 6.45) is 11.2. The molecule has 2 aliphatic heterocycles. The molecule has 0 spiro atoms. The standard InChI is InChI=1S/C54H39N3O/c1-5-15-36(16-6-1)37-25-27-39(28-26-37)47-35-46(38-17-7-2-8-18-38)55-54(56-47)42-29-31-43(32-30-42)57-48-24-14-13-23-44(48)51-49(57)34-33-45-50(40-19-9-3-10-20-40)52(58-53(45)51)41-21-11-4-12-22-41/h1-35,44,47-48H,(H,55,56). The van der Waals surface area contributed by atoms with Crippen LogP contribution in [0.15, 0.2) is 222 Å². The Hall–Kier alpha value is -7.43. The summed E-state index contributed by atoms with van der Waals surface area (Å²) in [5, 5.41) is 4.91. The molecule has 1 N–H and O–H groups in total. The first-order chi connectivity index (χ1) is 28.8. The number of hydrogen-bond acceptors (Lipinski definition) is 4. The van der Waals surface area contributed by atoms with Gasteiger partial charge in [0.2, 0.25) is 0 Å². The van der Waals surface area contributed by atoms with E-state index >= 15 is 0 Å². The van der Waals surface area contributed by atoms with Crippen LogP contribution in [0.4, 0.5) is 11.4 Å². The largest absolute Gasteiger partial charge is 0.455 e. The number of aliphatic imine (C=N–C) groups is 1. The molecule has 3 unspecified atom stereocenters. The predicted octanol–water partition coefficient (Wildman–Crippen LogP) is 13.3. The zero-order chi connectivity index (χ0) is 38.4. The Morgan fingerprint density at radius 1 is 0.517 bits per heavy atom. The van der Waals surface area contributed by atoms with Crippen molar-refractivity contribution in [3.63, 3.8) is 0 Å². The van der Waals surface area contributed by atoms with E-state index in [4.69, 9.17) is 9.41 Å². The van der Waals surface area contributed by atoms with Crippen molar-refractivity contribution in [2.45, 2.75) is 18.0 Å². The van der Waals surface area contributed by atoms with Crippen molar-refractivity contribution in [3.05, 3.63) is 235 Å². The molecule has 7 aromatic carbocycles. The fourth-order valence-electron chi connectivity index (χ4n) is 8.90. The Morgan fingerprint density at radius 3 is 1.79 bits per heavy atom. The van der Waals surface area contributed by atoms with Gasteiger partial charge in [0, 0.05) is 44.9 Å². The quantitative estimate of drug-likeness (QED) is 0.177. The van der Waals surface area contributed by atoms with Crippen LogP contribution in [-0.4, -0.2) is 11.9 Å². The van der Waals surface area contributed by atoms with Crippen LogP contribution in [-0.2, 0) is 0 Å². The predicted molar refractivity (Wildman–Crippen MR) is 239 cm³/mol. The van der Waals surface area contributed by atoms with Crippen LogP contribution in [0.1, 0.15) is 34.2 Å². The molecule has 8 aromatic rings. The lowest BCUT2D eigenvalue weighted by atomic mass is 9.89. The normalized spacial score (nSPS) is 18.0. The fourth-order valence-corrected chi connectivity index (χ4v) is 8.90. The number of allylic oxidation sites excluding steroid dienone is 2. The van der Waals surface area contributed by atoms with Gasteiger partial charge in [-0.05, 0) is 70.3 Å². The second-order valence-corrected chi connectivity index (χ2v) is 15.1. The third-order valence-corrected chi connectivity index (χ3v) is 11.7. The van der Waals surface area contributed by atoms with E-state index in [2.05, 4.69) is 217 Å². The average molecular weight is 746 g/mol. The van der Waals surface area contributed by atoms with Crippen molar-refractivity contribution in [2.24, 2.45) is 4.99 Å². The van der Waals surface area contributed by atoms with Gasteiger partial charge in [-0.3, -0.25) is 0 Å². The first-order valence-corrected chi connectivity index (χ1v) is 20.0. The minimum Gasteiger partial charge on any atom is -0.455 e. The molecular weight excluding hydrogens is 707 g/mol. The van der Waals surface area contributed by atoms with E-state index in [0.29, 0.717) is 0 Å². The van der Waals surface area contributed by atoms with Crippen molar-refractivity contribution >= 4 is 33.9 Å². The smallest absolute Gasteiger partial charge is 0.143 e. The summed E-state index contributed by atoms with van der Waals surface area (Å²) >= 11 is 0. The Morgan fingerprint density at radius 2 is 1.10 bits per heavy atom. The number of hydrogen-bond donors (Lipinski definition) is 1. The van der Waals surface area contributed by atoms with Crippen molar-refractivity contribution < 1.29 is 4.42 Å². The van der Waals surface area contributed by atoms with E-state index in [9.17, 15) is 0 Å². The lowest BCUT2D eigenvalue weighted by Crippen LogP contribution is -2.31. The van der Waals surface area contributed by atoms with E-state index in [1.54, 1.807) is 0 Å². The second-order valence-electron chi connectivity index (χ2n) is 15.1. The fraction of sp³-hybridized carbons (Fsp3) is 0.0556. The van der Waals surface area contributed by atoms with Crippen LogP contribution < -0.4 is 10.2 Å². The summed E-state index contributed by atoms with van der Waals surface area (Å²) in [4.78, 5) is 7.68. The molecule has 0 fully saturated rings. The molecule has 1 aliphatic carbocycles. The van der Waals surface area contributed by atoms with Crippen molar-refractivity contribution in [1.82, 2.24) is 5.32 Å². The monoisotopic (exact) mass is 745 g/mol. The van der Waals surface area contributed by atoms with E-state index in [1.807, 2.05) is 6.07 Å². The highest BCUT2D eigenvalue weighted by molar-refractivity contribution is 6.06. The van der Waals surface area contributed by atoms with E-state index in [-0.39, 0.29) is 18.0 Å². The topological polar surface area (TPSA) is 40.8 Å². The van der Waals surface area contributed by atoms with Gasteiger partial charge >= 0.3 is 0 Å². The van der Waals surface area contributed by atoms with Gasteiger partial charge in [0.05, 0.1) is 17.8 Å². The molecule has 0 bridgehead atoms. The zero-order valence-electron chi connectivity index (χ0n) is 31.7. The molecule has 1 aromatic heterocycles. The molecule has 4 nitrogen and oxygen atoms in total. The van der Waals surface area contributed by atoms with Crippen LogP contribution in [0.3, 0.4) is 0 Å². The number of fused-ring (bicyclic) bond motifs is 5. The molecule has 11 rings (SSSR count). The molecule has 3 aliphatic rings. The SMILES string of the molecule is C1=CC2c3c(ccc4c(-c5ccccc5)c(-c5ccccc5)oc34)N(c3ccc(C4=NC(c5ccccc5)=CC(c5ccc(-c6ccccc6)cc5)N4)cc3)C2C=C1. The number of nitrogens with one attached hydrogen (secondary N) is 1. The Bertz CT molecular complexity index is 2890. The Kier molecular flexibility index (Phi) is 8.32. The number of benzene rings is 7. The highest BCUT2D eigenvalue weighted by Crippen LogP contribution is 2.53. The minimum atomic E-state index is -0.0464. The van der Waals surface area contributed by atoms with Gasteiger partial charge in [-0.25, -0.2) is 4.99 Å². The molecular formula is C54H39N3O. The first kappa shape index (κ1) is 33.9. The van der Waals surface area contributed by atoms with E-state index < -0.39 is 0 Å². The third-order valence-electron chi connectivity index (χ3n) is 11.7. The number of nitrogens with zero attached hydrogens (tertiary/aromatic N) is 2. The maximum absolute atomic E-state index is 7.02. The Labute approximate surface area is 338 Å². The molecule has 58 heavy (non-hydrogen) atoms. The summed E-state index contributed by atoms with van der Waals surface area (Å²) in [7, 11) is 0. The van der Waals surface area contributed by atoms with Crippen molar-refractivity contribution in [2.75, 3.05) is 4.90 Å². The third kappa shape index (κ3) is 5.89. The summed E-state index contributed by atoms with van der Waals surface area (Å²) in [5.41, 5.74) is 14.5. The lowest BCUT2D eigenvalue weighted by molar-refractivity contribution is 0.623. The van der Waals surface area contributed by atoms with Gasteiger partial charge in [0.1, 0.15) is 17.2 Å². The van der Waals surface area contributed by atoms with E-state index in [1.165, 1.54) is 27.9 Å². The van der Waals surface area contributed by atoms with E-state index in [0.717, 1.165) is 61.8 Å².